The number of benzene rings is 2. The zero-order chi connectivity index (χ0) is 16.5. The Morgan fingerprint density at radius 3 is 2.88 bits per heavy atom. The Morgan fingerprint density at radius 2 is 2.00 bits per heavy atom. The lowest BCUT2D eigenvalue weighted by atomic mass is 10.0. The van der Waals surface area contributed by atoms with Crippen LogP contribution < -0.4 is 4.74 Å². The number of rotatable bonds is 3. The van der Waals surface area contributed by atoms with E-state index >= 15 is 0 Å². The maximum absolute atomic E-state index is 5.38. The van der Waals surface area contributed by atoms with E-state index in [4.69, 9.17) is 4.74 Å². The van der Waals surface area contributed by atoms with E-state index in [9.17, 15) is 0 Å². The number of ether oxygens (including phenoxy) is 1. The molecule has 4 nitrogen and oxygen atoms in total. The summed E-state index contributed by atoms with van der Waals surface area (Å²) in [5.74, 6) is 0.955. The summed E-state index contributed by atoms with van der Waals surface area (Å²) in [5.41, 5.74) is 6.18. The van der Waals surface area contributed by atoms with Crippen LogP contribution in [-0.2, 0) is 19.4 Å². The predicted octanol–water partition coefficient (Wildman–Crippen LogP) is 3.69. The zero-order valence-electron chi connectivity index (χ0n) is 14.0. The fourth-order valence-electron chi connectivity index (χ4n) is 3.49. The standard InChI is InChI=1S/C19H21N3OS/c1-13-9-15-4-5-17(23-2)11-16(15)7-8-22(13)12-14-3-6-18-19(10-14)21-24-20-18/h3-6,10-11,13H,7-9,12H2,1-2H3/t13-/m0/s1. The Labute approximate surface area is 146 Å². The van der Waals surface area contributed by atoms with Crippen molar-refractivity contribution in [3.63, 3.8) is 0 Å². The molecule has 1 atom stereocenters. The molecule has 0 unspecified atom stereocenters. The normalized spacial score (nSPS) is 18.3. The summed E-state index contributed by atoms with van der Waals surface area (Å²) in [6, 6.07) is 13.4. The van der Waals surface area contributed by atoms with Gasteiger partial charge in [-0.15, -0.1) is 0 Å². The van der Waals surface area contributed by atoms with E-state index in [1.54, 1.807) is 7.11 Å². The highest BCUT2D eigenvalue weighted by molar-refractivity contribution is 7.00. The van der Waals surface area contributed by atoms with Crippen LogP contribution in [0.3, 0.4) is 0 Å². The van der Waals surface area contributed by atoms with Crippen molar-refractivity contribution in [2.24, 2.45) is 0 Å². The summed E-state index contributed by atoms with van der Waals surface area (Å²) in [7, 11) is 1.73. The van der Waals surface area contributed by atoms with Crippen molar-refractivity contribution >= 4 is 22.8 Å². The second-order valence-electron chi connectivity index (χ2n) is 6.50. The summed E-state index contributed by atoms with van der Waals surface area (Å²) in [6.07, 6.45) is 2.15. The van der Waals surface area contributed by atoms with Gasteiger partial charge in [0.15, 0.2) is 0 Å². The molecule has 5 heteroatoms. The topological polar surface area (TPSA) is 38.2 Å². The fourth-order valence-corrected chi connectivity index (χ4v) is 4.01. The van der Waals surface area contributed by atoms with Gasteiger partial charge in [-0.05, 0) is 60.7 Å². The molecule has 1 aliphatic rings. The van der Waals surface area contributed by atoms with Gasteiger partial charge < -0.3 is 4.74 Å². The lowest BCUT2D eigenvalue weighted by Crippen LogP contribution is -2.33. The number of hydrogen-bond acceptors (Lipinski definition) is 5. The van der Waals surface area contributed by atoms with Crippen molar-refractivity contribution in [1.29, 1.82) is 0 Å². The number of methoxy groups -OCH3 is 1. The maximum Gasteiger partial charge on any atom is 0.119 e. The highest BCUT2D eigenvalue weighted by atomic mass is 32.1. The Balaban J connectivity index is 1.54. The molecule has 0 aliphatic carbocycles. The van der Waals surface area contributed by atoms with Gasteiger partial charge in [-0.3, -0.25) is 4.90 Å². The molecule has 0 fully saturated rings. The molecule has 0 amide bonds. The highest BCUT2D eigenvalue weighted by Crippen LogP contribution is 2.25. The summed E-state index contributed by atoms with van der Waals surface area (Å²) < 4.78 is 14.0. The van der Waals surface area contributed by atoms with Crippen molar-refractivity contribution < 1.29 is 4.74 Å². The number of fused-ring (bicyclic) bond motifs is 2. The molecule has 2 aromatic carbocycles. The van der Waals surface area contributed by atoms with E-state index < -0.39 is 0 Å². The molecular weight excluding hydrogens is 318 g/mol. The lowest BCUT2D eigenvalue weighted by molar-refractivity contribution is 0.208. The van der Waals surface area contributed by atoms with Crippen LogP contribution in [0.15, 0.2) is 36.4 Å². The number of nitrogens with zero attached hydrogens (tertiary/aromatic N) is 3. The van der Waals surface area contributed by atoms with Gasteiger partial charge in [0.1, 0.15) is 16.8 Å². The van der Waals surface area contributed by atoms with Gasteiger partial charge in [0.05, 0.1) is 18.8 Å². The molecule has 2 heterocycles. The molecule has 0 spiro atoms. The minimum atomic E-state index is 0.518. The molecule has 4 rings (SSSR count). The van der Waals surface area contributed by atoms with Crippen LogP contribution in [-0.4, -0.2) is 33.3 Å². The van der Waals surface area contributed by atoms with Gasteiger partial charge in [0, 0.05) is 19.1 Å². The molecule has 3 aromatic rings. The van der Waals surface area contributed by atoms with Gasteiger partial charge in [0.25, 0.3) is 0 Å². The first kappa shape index (κ1) is 15.5. The van der Waals surface area contributed by atoms with Crippen LogP contribution in [0.5, 0.6) is 5.75 Å². The molecule has 1 aliphatic heterocycles. The zero-order valence-corrected chi connectivity index (χ0v) is 14.8. The number of hydrogen-bond donors (Lipinski definition) is 0. The third-order valence-electron chi connectivity index (χ3n) is 4.92. The lowest BCUT2D eigenvalue weighted by Gasteiger charge is -2.27. The van der Waals surface area contributed by atoms with Crippen LogP contribution >= 0.6 is 11.7 Å². The predicted molar refractivity (Wildman–Crippen MR) is 97.7 cm³/mol. The monoisotopic (exact) mass is 339 g/mol. The Morgan fingerprint density at radius 1 is 1.12 bits per heavy atom. The third kappa shape index (κ3) is 3.01. The van der Waals surface area contributed by atoms with Crippen molar-refractivity contribution in [2.45, 2.75) is 32.4 Å². The smallest absolute Gasteiger partial charge is 0.119 e. The largest absolute Gasteiger partial charge is 0.497 e. The number of aromatic nitrogens is 2. The molecule has 124 valence electrons. The molecule has 0 bridgehead atoms. The van der Waals surface area contributed by atoms with E-state index in [0.29, 0.717) is 6.04 Å². The van der Waals surface area contributed by atoms with E-state index in [2.05, 4.69) is 57.0 Å². The molecule has 1 aromatic heterocycles. The first-order valence-electron chi connectivity index (χ1n) is 8.34. The van der Waals surface area contributed by atoms with Crippen LogP contribution in [0.2, 0.25) is 0 Å². The second kappa shape index (κ2) is 6.49. The van der Waals surface area contributed by atoms with E-state index in [1.807, 2.05) is 0 Å². The molecule has 24 heavy (non-hydrogen) atoms. The van der Waals surface area contributed by atoms with Crippen LogP contribution in [0, 0.1) is 0 Å². The second-order valence-corrected chi connectivity index (χ2v) is 7.02. The van der Waals surface area contributed by atoms with Gasteiger partial charge in [-0.1, -0.05) is 12.1 Å². The molecule has 0 N–H and O–H groups in total. The van der Waals surface area contributed by atoms with Gasteiger partial charge in [0.2, 0.25) is 0 Å². The van der Waals surface area contributed by atoms with E-state index in [-0.39, 0.29) is 0 Å². The van der Waals surface area contributed by atoms with Crippen molar-refractivity contribution in [3.05, 3.63) is 53.1 Å². The van der Waals surface area contributed by atoms with Crippen LogP contribution in [0.4, 0.5) is 0 Å². The summed E-state index contributed by atoms with van der Waals surface area (Å²) in [6.45, 7) is 4.34. The van der Waals surface area contributed by atoms with E-state index in [0.717, 1.165) is 42.7 Å². The highest BCUT2D eigenvalue weighted by Gasteiger charge is 2.21. The SMILES string of the molecule is COc1ccc2c(c1)CCN(Cc1ccc3nsnc3c1)[C@@H](C)C2. The van der Waals surface area contributed by atoms with E-state index in [1.165, 1.54) is 28.4 Å². The first-order valence-corrected chi connectivity index (χ1v) is 9.07. The average molecular weight is 339 g/mol. The Hall–Kier alpha value is -1.98. The minimum absolute atomic E-state index is 0.518. The molecule has 0 saturated heterocycles. The van der Waals surface area contributed by atoms with Crippen LogP contribution in [0.25, 0.3) is 11.0 Å². The molecule has 0 saturated carbocycles. The minimum Gasteiger partial charge on any atom is -0.497 e. The van der Waals surface area contributed by atoms with Crippen molar-refractivity contribution in [1.82, 2.24) is 13.6 Å². The Bertz CT molecular complexity index is 861. The fraction of sp³-hybridized carbons (Fsp3) is 0.368. The first-order chi connectivity index (χ1) is 11.7. The molecule has 0 radical (unpaired) electrons. The van der Waals surface area contributed by atoms with Crippen molar-refractivity contribution in [2.75, 3.05) is 13.7 Å². The van der Waals surface area contributed by atoms with Gasteiger partial charge in [-0.25, -0.2) is 0 Å². The van der Waals surface area contributed by atoms with Crippen LogP contribution in [0.1, 0.15) is 23.6 Å². The molecular formula is C19H21N3OS. The summed E-state index contributed by atoms with van der Waals surface area (Å²) in [4.78, 5) is 2.56. The Kier molecular flexibility index (Phi) is 4.21. The van der Waals surface area contributed by atoms with Crippen molar-refractivity contribution in [3.8, 4) is 5.75 Å². The van der Waals surface area contributed by atoms with Gasteiger partial charge >= 0.3 is 0 Å². The average Bonchev–Trinajstić information content (AvgIpc) is 3.01. The summed E-state index contributed by atoms with van der Waals surface area (Å²) >= 11 is 1.28. The van der Waals surface area contributed by atoms with Gasteiger partial charge in [-0.2, -0.15) is 8.75 Å². The third-order valence-corrected chi connectivity index (χ3v) is 5.48. The summed E-state index contributed by atoms with van der Waals surface area (Å²) in [5, 5.41) is 0. The maximum atomic E-state index is 5.38. The quantitative estimate of drug-likeness (QED) is 0.729.